The molecule has 7 heteroatoms. The molecule has 0 unspecified atom stereocenters. The summed E-state index contributed by atoms with van der Waals surface area (Å²) in [6.45, 7) is 5.64. The average molecular weight is 409 g/mol. The van der Waals surface area contributed by atoms with Gasteiger partial charge in [0.15, 0.2) is 11.5 Å². The maximum absolute atomic E-state index is 13.0. The number of benzene rings is 2. The summed E-state index contributed by atoms with van der Waals surface area (Å²) in [6, 6.07) is 13.2. The number of amides is 2. The maximum Gasteiger partial charge on any atom is 0.244 e. The van der Waals surface area contributed by atoms with Crippen LogP contribution in [0.1, 0.15) is 31.9 Å². The van der Waals surface area contributed by atoms with Crippen molar-refractivity contribution in [2.45, 2.75) is 26.3 Å². The zero-order valence-corrected chi connectivity index (χ0v) is 17.3. The Morgan fingerprint density at radius 2 is 1.90 bits per heavy atom. The zero-order chi connectivity index (χ0) is 21.1. The van der Waals surface area contributed by atoms with Crippen molar-refractivity contribution in [3.8, 4) is 11.5 Å². The molecule has 7 nitrogen and oxygen atoms in total. The number of carbonyl (C=O) groups is 2. The van der Waals surface area contributed by atoms with E-state index in [-0.39, 0.29) is 36.9 Å². The fourth-order valence-corrected chi connectivity index (χ4v) is 3.86. The van der Waals surface area contributed by atoms with Gasteiger partial charge in [0.1, 0.15) is 6.54 Å². The molecule has 0 saturated heterocycles. The number of carbonyl (C=O) groups excluding carboxylic acids is 2. The lowest BCUT2D eigenvalue weighted by atomic mass is 9.95. The first-order valence-corrected chi connectivity index (χ1v) is 10.3. The van der Waals surface area contributed by atoms with Crippen LogP contribution in [-0.2, 0) is 9.59 Å². The average Bonchev–Trinajstić information content (AvgIpc) is 2.98. The Bertz CT molecular complexity index is 944. The highest BCUT2D eigenvalue weighted by Gasteiger charge is 2.27. The Hall–Kier alpha value is -3.06. The zero-order valence-electron chi connectivity index (χ0n) is 17.3. The summed E-state index contributed by atoms with van der Waals surface area (Å²) in [5.74, 6) is 1.42. The Labute approximate surface area is 176 Å². The van der Waals surface area contributed by atoms with Crippen LogP contribution in [0.5, 0.6) is 11.5 Å². The molecule has 0 aliphatic carbocycles. The number of ether oxygens (including phenoxy) is 2. The Balaban J connectivity index is 1.49. The minimum absolute atomic E-state index is 0.0217. The van der Waals surface area contributed by atoms with Crippen LogP contribution in [0.4, 0.5) is 11.4 Å². The molecule has 0 spiro atoms. The maximum atomic E-state index is 13.0. The van der Waals surface area contributed by atoms with Crippen LogP contribution in [0.15, 0.2) is 42.5 Å². The minimum Gasteiger partial charge on any atom is -0.490 e. The molecule has 0 radical (unpaired) electrons. The van der Waals surface area contributed by atoms with Crippen LogP contribution in [0.25, 0.3) is 0 Å². The summed E-state index contributed by atoms with van der Waals surface area (Å²) in [6.07, 6.45) is 0.856. The van der Waals surface area contributed by atoms with E-state index in [0.29, 0.717) is 18.9 Å². The first-order valence-electron chi connectivity index (χ1n) is 10.3. The molecule has 2 aromatic rings. The van der Waals surface area contributed by atoms with Crippen LogP contribution >= 0.6 is 0 Å². The van der Waals surface area contributed by atoms with Crippen molar-refractivity contribution in [1.29, 1.82) is 0 Å². The summed E-state index contributed by atoms with van der Waals surface area (Å²) in [5.41, 5.74) is 2.42. The number of nitrogens with one attached hydrogen (secondary N) is 2. The van der Waals surface area contributed by atoms with Gasteiger partial charge in [-0.15, -0.1) is 0 Å². The fraction of sp³-hybridized carbons (Fsp3) is 0.391. The molecule has 1 atom stereocenters. The largest absolute Gasteiger partial charge is 0.490 e. The van der Waals surface area contributed by atoms with Gasteiger partial charge in [-0.3, -0.25) is 14.5 Å². The second-order valence-electron chi connectivity index (χ2n) is 7.90. The number of para-hydroxylation sites is 2. The number of hydrogen-bond acceptors (Lipinski definition) is 5. The minimum atomic E-state index is -0.189. The third-order valence-corrected chi connectivity index (χ3v) is 5.34. The van der Waals surface area contributed by atoms with Gasteiger partial charge in [0, 0.05) is 12.5 Å². The molecular weight excluding hydrogens is 382 g/mol. The van der Waals surface area contributed by atoms with Crippen LogP contribution in [0.2, 0.25) is 0 Å². The third kappa shape index (κ3) is 4.26. The summed E-state index contributed by atoms with van der Waals surface area (Å²) in [5, 5.41) is 6.19. The molecule has 0 bridgehead atoms. The number of anilines is 2. The van der Waals surface area contributed by atoms with E-state index in [1.165, 1.54) is 4.90 Å². The summed E-state index contributed by atoms with van der Waals surface area (Å²) in [4.78, 5) is 26.5. The first kappa shape index (κ1) is 20.2. The molecule has 30 heavy (non-hydrogen) atoms. The second-order valence-corrected chi connectivity index (χ2v) is 7.90. The molecule has 158 valence electrons. The number of nitrogens with zero attached hydrogens (tertiary/aromatic N) is 1. The molecule has 4 rings (SSSR count). The molecular formula is C23H27N3O4. The highest BCUT2D eigenvalue weighted by Crippen LogP contribution is 2.34. The standard InChI is InChI=1S/C23H27N3O4/c1-15(2)23(16-8-9-19-20(12-16)30-11-5-10-29-19)24-13-22(28)26-14-21(27)25-17-6-3-4-7-18(17)26/h3-4,6-9,12,15,23-24H,5,10-11,13-14H2,1-2H3,(H,25,27)/t23-/m0/s1. The monoisotopic (exact) mass is 409 g/mol. The van der Waals surface area contributed by atoms with Gasteiger partial charge in [0.05, 0.1) is 31.1 Å². The Morgan fingerprint density at radius 3 is 2.70 bits per heavy atom. The highest BCUT2D eigenvalue weighted by atomic mass is 16.5. The van der Waals surface area contributed by atoms with Crippen molar-refractivity contribution >= 4 is 23.2 Å². The molecule has 2 heterocycles. The molecule has 2 aliphatic rings. The number of fused-ring (bicyclic) bond motifs is 2. The van der Waals surface area contributed by atoms with Gasteiger partial charge in [0.2, 0.25) is 11.8 Å². The molecule has 0 saturated carbocycles. The lowest BCUT2D eigenvalue weighted by Gasteiger charge is -2.30. The van der Waals surface area contributed by atoms with E-state index < -0.39 is 0 Å². The predicted octanol–water partition coefficient (Wildman–Crippen LogP) is 3.12. The van der Waals surface area contributed by atoms with Crippen LogP contribution in [-0.4, -0.2) is 38.1 Å². The quantitative estimate of drug-likeness (QED) is 0.793. The van der Waals surface area contributed by atoms with Gasteiger partial charge in [-0.2, -0.15) is 0 Å². The van der Waals surface area contributed by atoms with E-state index in [0.717, 1.165) is 29.2 Å². The summed E-state index contributed by atoms with van der Waals surface area (Å²) < 4.78 is 11.5. The van der Waals surface area contributed by atoms with E-state index in [9.17, 15) is 9.59 Å². The van der Waals surface area contributed by atoms with Crippen molar-refractivity contribution in [1.82, 2.24) is 5.32 Å². The lowest BCUT2D eigenvalue weighted by molar-refractivity contribution is -0.121. The summed E-state index contributed by atoms with van der Waals surface area (Å²) >= 11 is 0. The van der Waals surface area contributed by atoms with E-state index in [4.69, 9.17) is 9.47 Å². The summed E-state index contributed by atoms with van der Waals surface area (Å²) in [7, 11) is 0. The van der Waals surface area contributed by atoms with E-state index >= 15 is 0 Å². The highest BCUT2D eigenvalue weighted by molar-refractivity contribution is 6.10. The first-order chi connectivity index (χ1) is 14.5. The van der Waals surface area contributed by atoms with Gasteiger partial charge in [-0.05, 0) is 35.7 Å². The van der Waals surface area contributed by atoms with Crippen molar-refractivity contribution in [2.24, 2.45) is 5.92 Å². The number of hydrogen-bond donors (Lipinski definition) is 2. The van der Waals surface area contributed by atoms with Crippen molar-refractivity contribution in [3.05, 3.63) is 48.0 Å². The van der Waals surface area contributed by atoms with Crippen molar-refractivity contribution < 1.29 is 19.1 Å². The molecule has 2 aromatic carbocycles. The topological polar surface area (TPSA) is 79.9 Å². The molecule has 0 fully saturated rings. The van der Waals surface area contributed by atoms with Gasteiger partial charge in [-0.25, -0.2) is 0 Å². The van der Waals surface area contributed by atoms with Gasteiger partial charge in [-0.1, -0.05) is 32.0 Å². The van der Waals surface area contributed by atoms with Crippen LogP contribution < -0.4 is 25.0 Å². The Morgan fingerprint density at radius 1 is 1.13 bits per heavy atom. The van der Waals surface area contributed by atoms with E-state index in [1.54, 1.807) is 6.07 Å². The molecule has 2 amide bonds. The van der Waals surface area contributed by atoms with Gasteiger partial charge < -0.3 is 20.1 Å². The van der Waals surface area contributed by atoms with Crippen LogP contribution in [0, 0.1) is 5.92 Å². The van der Waals surface area contributed by atoms with Gasteiger partial charge >= 0.3 is 0 Å². The Kier molecular flexibility index (Phi) is 5.90. The predicted molar refractivity (Wildman–Crippen MR) is 115 cm³/mol. The molecule has 2 N–H and O–H groups in total. The lowest BCUT2D eigenvalue weighted by Crippen LogP contribution is -2.46. The van der Waals surface area contributed by atoms with Gasteiger partial charge in [0.25, 0.3) is 0 Å². The third-order valence-electron chi connectivity index (χ3n) is 5.34. The van der Waals surface area contributed by atoms with E-state index in [1.807, 2.05) is 36.4 Å². The number of rotatable bonds is 5. The fourth-order valence-electron chi connectivity index (χ4n) is 3.86. The van der Waals surface area contributed by atoms with Crippen molar-refractivity contribution in [3.63, 3.8) is 0 Å². The SMILES string of the molecule is CC(C)[C@H](NCC(=O)N1CC(=O)Nc2ccccc21)c1ccc2c(c1)OCCCO2. The van der Waals surface area contributed by atoms with Crippen LogP contribution in [0.3, 0.4) is 0 Å². The van der Waals surface area contributed by atoms with E-state index in [2.05, 4.69) is 24.5 Å². The normalized spacial score (nSPS) is 16.5. The molecule has 2 aliphatic heterocycles. The smallest absolute Gasteiger partial charge is 0.244 e. The van der Waals surface area contributed by atoms with Crippen molar-refractivity contribution in [2.75, 3.05) is 36.5 Å². The second kappa shape index (κ2) is 8.75. The molecule has 0 aromatic heterocycles.